The summed E-state index contributed by atoms with van der Waals surface area (Å²) in [6.07, 6.45) is 0.746. The summed E-state index contributed by atoms with van der Waals surface area (Å²) >= 11 is 1.47. The van der Waals surface area contributed by atoms with Crippen molar-refractivity contribution in [2.75, 3.05) is 12.4 Å². The molecule has 2 heterocycles. The van der Waals surface area contributed by atoms with E-state index in [1.165, 1.54) is 18.4 Å². The third kappa shape index (κ3) is 3.20. The maximum absolute atomic E-state index is 12.8. The Morgan fingerprint density at radius 1 is 1.31 bits per heavy atom. The summed E-state index contributed by atoms with van der Waals surface area (Å²) in [6, 6.07) is 9.36. The van der Waals surface area contributed by atoms with Crippen molar-refractivity contribution in [2.45, 2.75) is 45.2 Å². The van der Waals surface area contributed by atoms with Crippen molar-refractivity contribution in [3.8, 4) is 11.8 Å². The van der Waals surface area contributed by atoms with Gasteiger partial charge in [-0.1, -0.05) is 12.1 Å². The van der Waals surface area contributed by atoms with Gasteiger partial charge in [-0.2, -0.15) is 5.26 Å². The van der Waals surface area contributed by atoms with Crippen LogP contribution in [0.2, 0.25) is 0 Å². The molecule has 1 aliphatic rings. The molecule has 2 aromatic rings. The van der Waals surface area contributed by atoms with Crippen LogP contribution in [0, 0.1) is 11.3 Å². The van der Waals surface area contributed by atoms with Crippen LogP contribution in [0.1, 0.15) is 54.1 Å². The number of carbonyl (C=O) groups excluding carboxylic acids is 1. The number of fused-ring (bicyclic) bond motifs is 1. The predicted octanol–water partition coefficient (Wildman–Crippen LogP) is 4.04. The Kier molecular flexibility index (Phi) is 4.55. The van der Waals surface area contributed by atoms with Crippen molar-refractivity contribution in [2.24, 2.45) is 0 Å². The van der Waals surface area contributed by atoms with Gasteiger partial charge in [0.1, 0.15) is 16.8 Å². The number of methoxy groups -OCH3 is 1. The molecule has 1 amide bonds. The molecule has 0 atom stereocenters. The van der Waals surface area contributed by atoms with E-state index in [4.69, 9.17) is 4.74 Å². The van der Waals surface area contributed by atoms with Crippen molar-refractivity contribution in [3.63, 3.8) is 0 Å². The number of amides is 1. The van der Waals surface area contributed by atoms with Crippen molar-refractivity contribution in [1.82, 2.24) is 5.32 Å². The molecule has 0 fully saturated rings. The molecule has 6 heteroatoms. The van der Waals surface area contributed by atoms with Crippen LogP contribution in [0.3, 0.4) is 0 Å². The minimum atomic E-state index is -0.275. The lowest BCUT2D eigenvalue weighted by molar-refractivity contribution is 0.102. The highest BCUT2D eigenvalue weighted by Crippen LogP contribution is 2.44. The number of rotatable bonds is 3. The van der Waals surface area contributed by atoms with Gasteiger partial charge in [0, 0.05) is 16.0 Å². The van der Waals surface area contributed by atoms with Gasteiger partial charge in [-0.3, -0.25) is 4.79 Å². The van der Waals surface area contributed by atoms with E-state index in [1.54, 1.807) is 18.2 Å². The number of carbonyl (C=O) groups is 1. The lowest BCUT2D eigenvalue weighted by Gasteiger charge is -2.42. The van der Waals surface area contributed by atoms with Crippen LogP contribution in [-0.2, 0) is 12.0 Å². The van der Waals surface area contributed by atoms with Crippen molar-refractivity contribution >= 4 is 22.2 Å². The molecule has 0 saturated carbocycles. The second-order valence-electron chi connectivity index (χ2n) is 7.69. The van der Waals surface area contributed by atoms with Crippen LogP contribution >= 0.6 is 11.3 Å². The summed E-state index contributed by atoms with van der Waals surface area (Å²) in [5.74, 6) is 0.232. The molecule has 2 N–H and O–H groups in total. The third-order valence-electron chi connectivity index (χ3n) is 4.53. The minimum absolute atomic E-state index is 0.118. The van der Waals surface area contributed by atoms with Gasteiger partial charge in [0.2, 0.25) is 0 Å². The maximum atomic E-state index is 12.8. The normalized spacial score (nSPS) is 17.1. The van der Waals surface area contributed by atoms with E-state index in [0.29, 0.717) is 21.9 Å². The average Bonchev–Trinajstić information content (AvgIpc) is 2.90. The molecule has 0 aliphatic carbocycles. The first kappa shape index (κ1) is 18.4. The molecular formula is C20H23N3O2S. The number of nitrogens with one attached hydrogen (secondary N) is 2. The van der Waals surface area contributed by atoms with Crippen LogP contribution in [-0.4, -0.2) is 18.6 Å². The van der Waals surface area contributed by atoms with Gasteiger partial charge in [-0.05, 0) is 51.8 Å². The Labute approximate surface area is 158 Å². The lowest BCUT2D eigenvalue weighted by Crippen LogP contribution is -2.54. The van der Waals surface area contributed by atoms with Crippen LogP contribution in [0.4, 0.5) is 5.00 Å². The maximum Gasteiger partial charge on any atom is 0.260 e. The molecule has 1 aliphatic heterocycles. The zero-order valence-corrected chi connectivity index (χ0v) is 16.5. The monoisotopic (exact) mass is 369 g/mol. The van der Waals surface area contributed by atoms with Crippen molar-refractivity contribution in [1.29, 1.82) is 5.26 Å². The number of para-hydroxylation sites is 1. The Bertz CT molecular complexity index is 906. The Balaban J connectivity index is 2.02. The molecule has 0 saturated heterocycles. The zero-order valence-electron chi connectivity index (χ0n) is 15.7. The highest BCUT2D eigenvalue weighted by molar-refractivity contribution is 7.17. The van der Waals surface area contributed by atoms with Gasteiger partial charge < -0.3 is 15.4 Å². The topological polar surface area (TPSA) is 74.1 Å². The number of hydrogen-bond acceptors (Lipinski definition) is 5. The van der Waals surface area contributed by atoms with E-state index in [-0.39, 0.29) is 17.0 Å². The largest absolute Gasteiger partial charge is 0.496 e. The first-order chi connectivity index (χ1) is 12.2. The lowest BCUT2D eigenvalue weighted by atomic mass is 9.81. The Morgan fingerprint density at radius 2 is 2.00 bits per heavy atom. The van der Waals surface area contributed by atoms with Crippen LogP contribution in [0.15, 0.2) is 24.3 Å². The van der Waals surface area contributed by atoms with Gasteiger partial charge in [0.05, 0.1) is 18.2 Å². The standard InChI is InChI=1S/C20H23N3O2S/c1-19(2)10-13-14(11-21)18(26-16(13)20(3,4)23-19)22-17(24)12-8-6-7-9-15(12)25-5/h6-9,23H,10H2,1-5H3,(H,22,24). The van der Waals surface area contributed by atoms with E-state index < -0.39 is 0 Å². The summed E-state index contributed by atoms with van der Waals surface area (Å²) in [6.45, 7) is 8.47. The molecule has 0 unspecified atom stereocenters. The molecule has 26 heavy (non-hydrogen) atoms. The first-order valence-corrected chi connectivity index (χ1v) is 9.30. The number of benzene rings is 1. The van der Waals surface area contributed by atoms with Crippen molar-refractivity contribution in [3.05, 3.63) is 45.8 Å². The first-order valence-electron chi connectivity index (χ1n) is 8.48. The van der Waals surface area contributed by atoms with Crippen molar-refractivity contribution < 1.29 is 9.53 Å². The fraction of sp³-hybridized carbons (Fsp3) is 0.400. The van der Waals surface area contributed by atoms with Crippen LogP contribution in [0.25, 0.3) is 0 Å². The van der Waals surface area contributed by atoms with E-state index in [2.05, 4.69) is 44.4 Å². The Morgan fingerprint density at radius 3 is 2.65 bits per heavy atom. The highest BCUT2D eigenvalue weighted by atomic mass is 32.1. The van der Waals surface area contributed by atoms with Gasteiger partial charge in [-0.25, -0.2) is 0 Å². The van der Waals surface area contributed by atoms with E-state index >= 15 is 0 Å². The number of thiophene rings is 1. The number of hydrogen-bond donors (Lipinski definition) is 2. The summed E-state index contributed by atoms with van der Waals surface area (Å²) in [7, 11) is 1.53. The molecule has 1 aromatic carbocycles. The van der Waals surface area contributed by atoms with E-state index in [0.717, 1.165) is 16.9 Å². The summed E-state index contributed by atoms with van der Waals surface area (Å²) in [4.78, 5) is 13.9. The molecule has 0 radical (unpaired) electrons. The number of ether oxygens (including phenoxy) is 1. The zero-order chi connectivity index (χ0) is 19.1. The average molecular weight is 369 g/mol. The van der Waals surface area contributed by atoms with Crippen LogP contribution < -0.4 is 15.4 Å². The number of nitriles is 1. The van der Waals surface area contributed by atoms with Gasteiger partial charge >= 0.3 is 0 Å². The SMILES string of the molecule is COc1ccccc1C(=O)Nc1sc2c(c1C#N)CC(C)(C)NC2(C)C. The van der Waals surface area contributed by atoms with Gasteiger partial charge in [0.15, 0.2) is 0 Å². The predicted molar refractivity (Wildman–Crippen MR) is 104 cm³/mol. The summed E-state index contributed by atoms with van der Waals surface area (Å²) < 4.78 is 5.27. The molecule has 136 valence electrons. The highest BCUT2D eigenvalue weighted by Gasteiger charge is 2.40. The molecule has 0 spiro atoms. The third-order valence-corrected chi connectivity index (χ3v) is 6.01. The smallest absolute Gasteiger partial charge is 0.260 e. The fourth-order valence-electron chi connectivity index (χ4n) is 3.74. The fourth-order valence-corrected chi connectivity index (χ4v) is 4.96. The van der Waals surface area contributed by atoms with Gasteiger partial charge in [-0.15, -0.1) is 11.3 Å². The molecule has 1 aromatic heterocycles. The second-order valence-corrected chi connectivity index (χ2v) is 8.71. The Hall–Kier alpha value is -2.36. The molecular weight excluding hydrogens is 346 g/mol. The van der Waals surface area contributed by atoms with Gasteiger partial charge in [0.25, 0.3) is 5.91 Å². The molecule has 5 nitrogen and oxygen atoms in total. The van der Waals surface area contributed by atoms with E-state index in [1.807, 2.05) is 6.07 Å². The van der Waals surface area contributed by atoms with E-state index in [9.17, 15) is 10.1 Å². The van der Waals surface area contributed by atoms with Crippen LogP contribution in [0.5, 0.6) is 5.75 Å². The summed E-state index contributed by atoms with van der Waals surface area (Å²) in [5, 5.41) is 16.9. The minimum Gasteiger partial charge on any atom is -0.496 e. The number of nitrogens with zero attached hydrogens (tertiary/aromatic N) is 1. The quantitative estimate of drug-likeness (QED) is 0.856. The molecule has 3 rings (SSSR count). The summed E-state index contributed by atoms with van der Waals surface area (Å²) in [5.41, 5.74) is 1.66. The molecule has 0 bridgehead atoms. The number of anilines is 1. The second kappa shape index (κ2) is 6.42.